The minimum Gasteiger partial charge on any atom is -0.493 e. The molecule has 3 aromatic rings. The molecule has 120 valence electrons. The van der Waals surface area contributed by atoms with Gasteiger partial charge in [-0.3, -0.25) is 15.1 Å². The fraction of sp³-hybridized carbons (Fsp3) is 0.0625. The van der Waals surface area contributed by atoms with Crippen molar-refractivity contribution in [2.24, 2.45) is 0 Å². The van der Waals surface area contributed by atoms with Crippen molar-refractivity contribution in [3.8, 4) is 11.5 Å². The number of nitro groups is 1. The fourth-order valence-corrected chi connectivity index (χ4v) is 2.07. The first-order chi connectivity index (χ1) is 11.6. The van der Waals surface area contributed by atoms with Crippen molar-refractivity contribution in [1.29, 1.82) is 0 Å². The van der Waals surface area contributed by atoms with Crippen LogP contribution in [0, 0.1) is 10.1 Å². The van der Waals surface area contributed by atoms with Crippen LogP contribution in [-0.2, 0) is 0 Å². The van der Waals surface area contributed by atoms with Crippen LogP contribution in [0.1, 0.15) is 10.5 Å². The number of non-ortho nitro benzene ring substituents is 1. The number of ether oxygens (including phenoxy) is 2. The Morgan fingerprint density at radius 1 is 1.12 bits per heavy atom. The van der Waals surface area contributed by atoms with Crippen LogP contribution < -0.4 is 9.47 Å². The van der Waals surface area contributed by atoms with E-state index in [9.17, 15) is 14.9 Å². The zero-order chi connectivity index (χ0) is 17.1. The van der Waals surface area contributed by atoms with Gasteiger partial charge in [0.05, 0.1) is 35.3 Å². The zero-order valence-corrected chi connectivity index (χ0v) is 12.5. The molecule has 8 nitrogen and oxygen atoms in total. The molecule has 24 heavy (non-hydrogen) atoms. The molecule has 8 heteroatoms. The summed E-state index contributed by atoms with van der Waals surface area (Å²) in [5, 5.41) is 10.9. The summed E-state index contributed by atoms with van der Waals surface area (Å²) in [6.07, 6.45) is 1.29. The maximum Gasteiger partial charge on any atom is 0.364 e. The Labute approximate surface area is 135 Å². The summed E-state index contributed by atoms with van der Waals surface area (Å²) in [5.41, 5.74) is 0.949. The van der Waals surface area contributed by atoms with E-state index >= 15 is 0 Å². The third-order valence-electron chi connectivity index (χ3n) is 3.22. The Hall–Kier alpha value is -3.55. The molecule has 1 heterocycles. The van der Waals surface area contributed by atoms with Gasteiger partial charge in [-0.15, -0.1) is 0 Å². The van der Waals surface area contributed by atoms with Crippen molar-refractivity contribution < 1.29 is 19.2 Å². The van der Waals surface area contributed by atoms with Crippen LogP contribution in [-0.4, -0.2) is 28.0 Å². The van der Waals surface area contributed by atoms with Gasteiger partial charge in [-0.1, -0.05) is 12.1 Å². The number of aromatic nitrogens is 2. The summed E-state index contributed by atoms with van der Waals surface area (Å²) in [6.45, 7) is 0. The van der Waals surface area contributed by atoms with Crippen molar-refractivity contribution in [3.05, 3.63) is 64.5 Å². The van der Waals surface area contributed by atoms with Gasteiger partial charge in [-0.25, -0.2) is 9.78 Å². The first-order valence-corrected chi connectivity index (χ1v) is 6.85. The third-order valence-corrected chi connectivity index (χ3v) is 3.22. The first kappa shape index (κ1) is 15.3. The second-order valence-corrected chi connectivity index (χ2v) is 4.73. The average Bonchev–Trinajstić information content (AvgIpc) is 2.61. The summed E-state index contributed by atoms with van der Waals surface area (Å²) >= 11 is 0. The molecule has 0 bridgehead atoms. The van der Waals surface area contributed by atoms with Crippen molar-refractivity contribution in [2.45, 2.75) is 0 Å². The molecule has 0 spiro atoms. The number of methoxy groups -OCH3 is 1. The number of esters is 1. The van der Waals surface area contributed by atoms with E-state index < -0.39 is 10.9 Å². The minimum atomic E-state index is -0.785. The molecule has 0 saturated heterocycles. The second-order valence-electron chi connectivity index (χ2n) is 4.73. The second kappa shape index (κ2) is 6.29. The van der Waals surface area contributed by atoms with Gasteiger partial charge in [-0.2, -0.15) is 0 Å². The van der Waals surface area contributed by atoms with E-state index in [-0.39, 0.29) is 22.9 Å². The van der Waals surface area contributed by atoms with Crippen molar-refractivity contribution in [3.63, 3.8) is 0 Å². The Balaban J connectivity index is 1.93. The van der Waals surface area contributed by atoms with E-state index in [1.165, 1.54) is 25.4 Å². The summed E-state index contributed by atoms with van der Waals surface area (Å²) in [6, 6.07) is 10.8. The smallest absolute Gasteiger partial charge is 0.364 e. The van der Waals surface area contributed by atoms with Gasteiger partial charge in [0.2, 0.25) is 0 Å². The molecule has 0 aliphatic carbocycles. The predicted molar refractivity (Wildman–Crippen MR) is 84.1 cm³/mol. The average molecular weight is 325 g/mol. The van der Waals surface area contributed by atoms with Gasteiger partial charge in [-0.05, 0) is 18.2 Å². The highest BCUT2D eigenvalue weighted by Crippen LogP contribution is 2.31. The van der Waals surface area contributed by atoms with Gasteiger partial charge in [0, 0.05) is 6.07 Å². The van der Waals surface area contributed by atoms with E-state index in [4.69, 9.17) is 9.47 Å². The molecule has 0 atom stereocenters. The van der Waals surface area contributed by atoms with Crippen LogP contribution in [0.2, 0.25) is 0 Å². The maximum atomic E-state index is 12.3. The SMILES string of the molecule is COc1ccc([N+](=O)[O-])cc1OC(=O)c1cnc2ccccc2n1. The molecule has 0 amide bonds. The zero-order valence-electron chi connectivity index (χ0n) is 12.5. The number of nitro benzene ring substituents is 1. The van der Waals surface area contributed by atoms with E-state index in [2.05, 4.69) is 9.97 Å². The maximum absolute atomic E-state index is 12.3. The molecule has 0 aliphatic heterocycles. The number of fused-ring (bicyclic) bond motifs is 1. The molecule has 0 radical (unpaired) electrons. The Kier molecular flexibility index (Phi) is 4.02. The molecule has 2 aromatic carbocycles. The Bertz CT molecular complexity index is 942. The van der Waals surface area contributed by atoms with E-state index in [1.54, 1.807) is 18.2 Å². The molecule has 3 rings (SSSR count). The standard InChI is InChI=1S/C16H11N3O5/c1-23-14-7-6-10(19(21)22)8-15(14)24-16(20)13-9-17-11-4-2-3-5-12(11)18-13/h2-9H,1H3. The largest absolute Gasteiger partial charge is 0.493 e. The monoisotopic (exact) mass is 325 g/mol. The van der Waals surface area contributed by atoms with Gasteiger partial charge >= 0.3 is 5.97 Å². The fourth-order valence-electron chi connectivity index (χ4n) is 2.07. The lowest BCUT2D eigenvalue weighted by Crippen LogP contribution is -2.12. The topological polar surface area (TPSA) is 104 Å². The van der Waals surface area contributed by atoms with Crippen LogP contribution in [0.25, 0.3) is 11.0 Å². The van der Waals surface area contributed by atoms with Crippen LogP contribution >= 0.6 is 0 Å². The Morgan fingerprint density at radius 3 is 2.58 bits per heavy atom. The molecule has 0 aliphatic rings. The van der Waals surface area contributed by atoms with Gasteiger partial charge in [0.1, 0.15) is 0 Å². The van der Waals surface area contributed by atoms with Crippen LogP contribution in [0.5, 0.6) is 11.5 Å². The van der Waals surface area contributed by atoms with Crippen LogP contribution in [0.4, 0.5) is 5.69 Å². The number of carbonyl (C=O) groups excluding carboxylic acids is 1. The third kappa shape index (κ3) is 2.98. The van der Waals surface area contributed by atoms with E-state index in [0.717, 1.165) is 6.07 Å². The Morgan fingerprint density at radius 2 is 1.88 bits per heavy atom. The quantitative estimate of drug-likeness (QED) is 0.314. The summed E-state index contributed by atoms with van der Waals surface area (Å²) in [7, 11) is 1.37. The van der Waals surface area contributed by atoms with Gasteiger partial charge in [0.15, 0.2) is 17.2 Å². The molecule has 0 fully saturated rings. The molecular weight excluding hydrogens is 314 g/mol. The van der Waals surface area contributed by atoms with E-state index in [0.29, 0.717) is 11.0 Å². The molecule has 0 unspecified atom stereocenters. The first-order valence-electron chi connectivity index (χ1n) is 6.85. The number of nitrogens with zero attached hydrogens (tertiary/aromatic N) is 3. The van der Waals surface area contributed by atoms with Crippen LogP contribution in [0.3, 0.4) is 0 Å². The highest BCUT2D eigenvalue weighted by atomic mass is 16.6. The van der Waals surface area contributed by atoms with Crippen molar-refractivity contribution in [1.82, 2.24) is 9.97 Å². The number of rotatable bonds is 4. The predicted octanol–water partition coefficient (Wildman–Crippen LogP) is 2.77. The van der Waals surface area contributed by atoms with Crippen molar-refractivity contribution >= 4 is 22.7 Å². The summed E-state index contributed by atoms with van der Waals surface area (Å²) in [5.74, 6) is -0.651. The lowest BCUT2D eigenvalue weighted by molar-refractivity contribution is -0.384. The number of para-hydroxylation sites is 2. The minimum absolute atomic E-state index is 0.0118. The molecule has 0 saturated carbocycles. The number of hydrogen-bond donors (Lipinski definition) is 0. The van der Waals surface area contributed by atoms with Crippen molar-refractivity contribution in [2.75, 3.05) is 7.11 Å². The van der Waals surface area contributed by atoms with Gasteiger partial charge in [0.25, 0.3) is 5.69 Å². The summed E-state index contributed by atoms with van der Waals surface area (Å²) in [4.78, 5) is 30.8. The number of benzene rings is 2. The molecule has 1 aromatic heterocycles. The summed E-state index contributed by atoms with van der Waals surface area (Å²) < 4.78 is 10.2. The van der Waals surface area contributed by atoms with Gasteiger partial charge < -0.3 is 9.47 Å². The van der Waals surface area contributed by atoms with E-state index in [1.807, 2.05) is 6.07 Å². The number of carbonyl (C=O) groups is 1. The normalized spacial score (nSPS) is 10.4. The lowest BCUT2D eigenvalue weighted by atomic mass is 10.2. The molecule has 0 N–H and O–H groups in total. The highest BCUT2D eigenvalue weighted by Gasteiger charge is 2.18. The van der Waals surface area contributed by atoms with Crippen LogP contribution in [0.15, 0.2) is 48.7 Å². The number of hydrogen-bond acceptors (Lipinski definition) is 7. The lowest BCUT2D eigenvalue weighted by Gasteiger charge is -2.08. The molecular formula is C16H11N3O5. The highest BCUT2D eigenvalue weighted by molar-refractivity contribution is 5.91.